The van der Waals surface area contributed by atoms with E-state index < -0.39 is 24.9 Å². The van der Waals surface area contributed by atoms with Crippen LogP contribution in [0.5, 0.6) is 0 Å². The monoisotopic (exact) mass is 319 g/mol. The molecule has 1 aromatic rings. The summed E-state index contributed by atoms with van der Waals surface area (Å²) in [5, 5.41) is 11.3. The van der Waals surface area contributed by atoms with Crippen LogP contribution in [0.15, 0.2) is 18.2 Å². The first-order valence-corrected chi connectivity index (χ1v) is 6.45. The molecule has 0 unspecified atom stereocenters. The van der Waals surface area contributed by atoms with E-state index in [1.54, 1.807) is 12.1 Å². The largest absolute Gasteiger partial charge is 0.395 e. The minimum absolute atomic E-state index is 0.103. The third-order valence-electron chi connectivity index (χ3n) is 2.35. The number of rotatable bonds is 4. The Hall–Kier alpha value is -1.71. The van der Waals surface area contributed by atoms with Gasteiger partial charge in [-0.15, -0.1) is 0 Å². The van der Waals surface area contributed by atoms with Crippen LogP contribution >= 0.6 is 11.6 Å². The second-order valence-electron chi connectivity index (χ2n) is 4.13. The van der Waals surface area contributed by atoms with E-state index in [0.29, 0.717) is 10.6 Å². The Morgan fingerprint density at radius 2 is 2.10 bits per heavy atom. The van der Waals surface area contributed by atoms with Crippen LogP contribution in [-0.4, -0.2) is 23.8 Å². The van der Waals surface area contributed by atoms with Crippen molar-refractivity contribution in [2.75, 3.05) is 11.9 Å². The van der Waals surface area contributed by atoms with E-state index in [2.05, 4.69) is 17.2 Å². The fraction of sp³-hybridized carbons (Fsp3) is 0.357. The third kappa shape index (κ3) is 7.02. The molecule has 1 amide bonds. The topological polar surface area (TPSA) is 49.3 Å². The number of hydrogen-bond acceptors (Lipinski definition) is 2. The summed E-state index contributed by atoms with van der Waals surface area (Å²) in [6, 6.07) is 4.51. The first-order valence-electron chi connectivity index (χ1n) is 6.07. The molecule has 114 valence electrons. The van der Waals surface area contributed by atoms with Gasteiger partial charge in [0.05, 0.1) is 18.7 Å². The summed E-state index contributed by atoms with van der Waals surface area (Å²) in [7, 11) is 0. The normalized spacial score (nSPS) is 10.7. The Kier molecular flexibility index (Phi) is 6.53. The molecule has 1 rings (SSSR count). The lowest BCUT2D eigenvalue weighted by Gasteiger charge is -2.09. The second-order valence-corrected chi connectivity index (χ2v) is 4.57. The number of carbonyl (C=O) groups excluding carboxylic acids is 1. The molecule has 0 spiro atoms. The number of anilines is 1. The van der Waals surface area contributed by atoms with E-state index in [9.17, 15) is 18.0 Å². The van der Waals surface area contributed by atoms with Crippen molar-refractivity contribution < 1.29 is 23.1 Å². The molecule has 0 saturated heterocycles. The van der Waals surface area contributed by atoms with Gasteiger partial charge in [-0.1, -0.05) is 23.4 Å². The summed E-state index contributed by atoms with van der Waals surface area (Å²) in [4.78, 5) is 11.5. The molecule has 0 atom stereocenters. The lowest BCUT2D eigenvalue weighted by atomic mass is 10.1. The highest BCUT2D eigenvalue weighted by Gasteiger charge is 2.27. The Labute approximate surface area is 125 Å². The lowest BCUT2D eigenvalue weighted by molar-refractivity contribution is -0.142. The van der Waals surface area contributed by atoms with Crippen molar-refractivity contribution in [1.82, 2.24) is 0 Å². The summed E-state index contributed by atoms with van der Waals surface area (Å²) in [5.74, 6) is 4.62. The van der Waals surface area contributed by atoms with Crippen LogP contribution in [0.3, 0.4) is 0 Å². The van der Waals surface area contributed by atoms with Crippen LogP contribution < -0.4 is 5.32 Å². The summed E-state index contributed by atoms with van der Waals surface area (Å²) in [5.41, 5.74) is 0.674. The van der Waals surface area contributed by atoms with Crippen molar-refractivity contribution in [1.29, 1.82) is 0 Å². The Bertz CT molecular complexity index is 562. The first-order chi connectivity index (χ1) is 9.81. The van der Waals surface area contributed by atoms with E-state index in [1.165, 1.54) is 6.07 Å². The van der Waals surface area contributed by atoms with Crippen LogP contribution in [0.4, 0.5) is 18.9 Å². The van der Waals surface area contributed by atoms with E-state index in [-0.39, 0.29) is 18.7 Å². The molecule has 0 fully saturated rings. The molecule has 0 aliphatic rings. The number of benzene rings is 1. The Morgan fingerprint density at radius 3 is 2.71 bits per heavy atom. The number of alkyl halides is 3. The number of halogens is 4. The van der Waals surface area contributed by atoms with Gasteiger partial charge in [0, 0.05) is 23.4 Å². The molecule has 0 saturated carbocycles. The molecule has 2 N–H and O–H groups in total. The average molecular weight is 320 g/mol. The predicted octanol–water partition coefficient (Wildman–Crippen LogP) is 3.35. The van der Waals surface area contributed by atoms with Crippen molar-refractivity contribution in [2.24, 2.45) is 0 Å². The fourth-order valence-corrected chi connectivity index (χ4v) is 1.58. The first kappa shape index (κ1) is 17.3. The molecule has 0 aliphatic carbocycles. The number of aliphatic hydroxyl groups excluding tert-OH is 1. The van der Waals surface area contributed by atoms with E-state index in [1.807, 2.05) is 0 Å². The zero-order valence-corrected chi connectivity index (χ0v) is 11.7. The highest BCUT2D eigenvalue weighted by atomic mass is 35.5. The van der Waals surface area contributed by atoms with Gasteiger partial charge in [-0.05, 0) is 18.2 Å². The van der Waals surface area contributed by atoms with Crippen molar-refractivity contribution in [2.45, 2.75) is 25.4 Å². The second kappa shape index (κ2) is 7.91. The van der Waals surface area contributed by atoms with Crippen LogP contribution in [0.25, 0.3) is 0 Å². The molecule has 21 heavy (non-hydrogen) atoms. The molecule has 3 nitrogen and oxygen atoms in total. The SMILES string of the molecule is O=C(CCC(F)(F)F)Nc1cc(Cl)ccc1C#CCCO. The van der Waals surface area contributed by atoms with E-state index in [4.69, 9.17) is 16.7 Å². The van der Waals surface area contributed by atoms with Gasteiger partial charge in [0.15, 0.2) is 0 Å². The molecule has 0 aliphatic heterocycles. The standard InChI is InChI=1S/C14H13ClF3NO2/c15-11-5-4-10(3-1-2-8-20)12(9-11)19-13(21)6-7-14(16,17)18/h4-5,9,20H,2,6-8H2,(H,19,21). The summed E-state index contributed by atoms with van der Waals surface area (Å²) in [6.45, 7) is -0.103. The summed E-state index contributed by atoms with van der Waals surface area (Å²) < 4.78 is 36.2. The van der Waals surface area contributed by atoms with Crippen LogP contribution in [0.2, 0.25) is 5.02 Å². The molecular weight excluding hydrogens is 307 g/mol. The summed E-state index contributed by atoms with van der Waals surface area (Å²) >= 11 is 5.79. The molecule has 1 aromatic carbocycles. The fourth-order valence-electron chi connectivity index (χ4n) is 1.41. The van der Waals surface area contributed by atoms with E-state index in [0.717, 1.165) is 0 Å². The molecule has 0 aromatic heterocycles. The van der Waals surface area contributed by atoms with E-state index >= 15 is 0 Å². The summed E-state index contributed by atoms with van der Waals surface area (Å²) in [6.07, 6.45) is -5.98. The number of carbonyl (C=O) groups is 1. The van der Waals surface area contributed by atoms with Crippen LogP contribution in [0.1, 0.15) is 24.8 Å². The van der Waals surface area contributed by atoms with Crippen LogP contribution in [0, 0.1) is 11.8 Å². The van der Waals surface area contributed by atoms with Gasteiger partial charge in [0.1, 0.15) is 0 Å². The van der Waals surface area contributed by atoms with Gasteiger partial charge < -0.3 is 10.4 Å². The maximum atomic E-state index is 12.1. The van der Waals surface area contributed by atoms with Gasteiger partial charge in [-0.25, -0.2) is 0 Å². The maximum Gasteiger partial charge on any atom is 0.389 e. The zero-order valence-electron chi connectivity index (χ0n) is 10.9. The lowest BCUT2D eigenvalue weighted by Crippen LogP contribution is -2.17. The maximum absolute atomic E-state index is 12.1. The molecule has 7 heteroatoms. The molecule has 0 heterocycles. The minimum atomic E-state index is -4.38. The molecule has 0 radical (unpaired) electrons. The number of amides is 1. The van der Waals surface area contributed by atoms with Gasteiger partial charge >= 0.3 is 6.18 Å². The predicted molar refractivity (Wildman–Crippen MR) is 74.0 cm³/mol. The Morgan fingerprint density at radius 1 is 1.38 bits per heavy atom. The Balaban J connectivity index is 2.79. The minimum Gasteiger partial charge on any atom is -0.395 e. The smallest absolute Gasteiger partial charge is 0.389 e. The van der Waals surface area contributed by atoms with Crippen LogP contribution in [-0.2, 0) is 4.79 Å². The highest BCUT2D eigenvalue weighted by molar-refractivity contribution is 6.31. The van der Waals surface area contributed by atoms with Gasteiger partial charge in [0.25, 0.3) is 0 Å². The highest BCUT2D eigenvalue weighted by Crippen LogP contribution is 2.23. The van der Waals surface area contributed by atoms with Gasteiger partial charge in [0.2, 0.25) is 5.91 Å². The average Bonchev–Trinajstić information content (AvgIpc) is 2.38. The van der Waals surface area contributed by atoms with Gasteiger partial charge in [-0.3, -0.25) is 4.79 Å². The third-order valence-corrected chi connectivity index (χ3v) is 2.59. The van der Waals surface area contributed by atoms with Crippen molar-refractivity contribution >= 4 is 23.2 Å². The van der Waals surface area contributed by atoms with Crippen molar-refractivity contribution in [3.8, 4) is 11.8 Å². The number of aliphatic hydroxyl groups is 1. The quantitative estimate of drug-likeness (QED) is 0.836. The number of hydrogen-bond donors (Lipinski definition) is 2. The van der Waals surface area contributed by atoms with Gasteiger partial charge in [-0.2, -0.15) is 13.2 Å². The van der Waals surface area contributed by atoms with Crippen molar-refractivity contribution in [3.63, 3.8) is 0 Å². The zero-order chi connectivity index (χ0) is 15.9. The molecule has 0 bridgehead atoms. The number of nitrogens with one attached hydrogen (secondary N) is 1. The molecular formula is C14H13ClF3NO2. The van der Waals surface area contributed by atoms with Crippen molar-refractivity contribution in [3.05, 3.63) is 28.8 Å².